The third kappa shape index (κ3) is 0.673. The molecule has 0 fully saturated rings. The number of aromatic nitrogens is 1. The molecule has 2 heterocycles. The topological polar surface area (TPSA) is 52.0 Å². The number of aliphatic imine (C=N–C) groups is 1. The van der Waals surface area contributed by atoms with Gasteiger partial charge >= 0.3 is 0 Å². The number of nitrogens with one attached hydrogen (secondary N) is 2. The molecule has 2 N–H and O–H groups in total. The van der Waals surface area contributed by atoms with Crippen molar-refractivity contribution in [2.45, 2.75) is 6.42 Å². The zero-order valence-corrected chi connectivity index (χ0v) is 5.39. The SMILES string of the molecule is N=C1Cc2[nH]ccc2C=N1. The molecule has 0 aliphatic carbocycles. The molecule has 0 atom stereocenters. The molecule has 0 unspecified atom stereocenters. The van der Waals surface area contributed by atoms with Crippen LogP contribution in [0.15, 0.2) is 17.3 Å². The van der Waals surface area contributed by atoms with E-state index in [1.807, 2.05) is 12.3 Å². The second kappa shape index (κ2) is 1.80. The lowest BCUT2D eigenvalue weighted by molar-refractivity contribution is 1.14. The second-order valence-corrected chi connectivity index (χ2v) is 2.29. The van der Waals surface area contributed by atoms with Crippen molar-refractivity contribution in [1.82, 2.24) is 4.98 Å². The van der Waals surface area contributed by atoms with Gasteiger partial charge in [-0.2, -0.15) is 0 Å². The van der Waals surface area contributed by atoms with Gasteiger partial charge < -0.3 is 4.98 Å². The van der Waals surface area contributed by atoms with E-state index in [-0.39, 0.29) is 0 Å². The van der Waals surface area contributed by atoms with Crippen LogP contribution in [0.4, 0.5) is 0 Å². The van der Waals surface area contributed by atoms with E-state index < -0.39 is 0 Å². The Bertz CT molecular complexity index is 296. The largest absolute Gasteiger partial charge is 0.364 e. The molecule has 3 heteroatoms. The summed E-state index contributed by atoms with van der Waals surface area (Å²) in [7, 11) is 0. The van der Waals surface area contributed by atoms with Crippen molar-refractivity contribution in [3.05, 3.63) is 23.5 Å². The first-order valence-electron chi connectivity index (χ1n) is 3.14. The highest BCUT2D eigenvalue weighted by Gasteiger charge is 2.08. The predicted octanol–water partition coefficient (Wildman–Crippen LogP) is 0.967. The zero-order chi connectivity index (χ0) is 6.97. The smallest absolute Gasteiger partial charge is 0.126 e. The summed E-state index contributed by atoms with van der Waals surface area (Å²) in [5, 5.41) is 7.24. The molecule has 0 radical (unpaired) electrons. The van der Waals surface area contributed by atoms with Crippen molar-refractivity contribution in [2.24, 2.45) is 4.99 Å². The van der Waals surface area contributed by atoms with Crippen LogP contribution in [-0.2, 0) is 6.42 Å². The van der Waals surface area contributed by atoms with Crippen LogP contribution >= 0.6 is 0 Å². The number of hydrogen-bond acceptors (Lipinski definition) is 1. The van der Waals surface area contributed by atoms with Crippen LogP contribution in [-0.4, -0.2) is 17.0 Å². The first-order valence-corrected chi connectivity index (χ1v) is 3.14. The van der Waals surface area contributed by atoms with Gasteiger partial charge in [0, 0.05) is 30.1 Å². The standard InChI is InChI=1S/C7H7N3/c8-7-3-6-5(4-10-7)1-2-9-6/h1-2,4,8-9H,3H2. The molecule has 0 bridgehead atoms. The van der Waals surface area contributed by atoms with Gasteiger partial charge in [-0.3, -0.25) is 5.41 Å². The monoisotopic (exact) mass is 133 g/mol. The van der Waals surface area contributed by atoms with Crippen LogP contribution in [0.25, 0.3) is 0 Å². The van der Waals surface area contributed by atoms with Gasteiger partial charge in [0.25, 0.3) is 0 Å². The molecular weight excluding hydrogens is 126 g/mol. The minimum Gasteiger partial charge on any atom is -0.364 e. The minimum atomic E-state index is 0.426. The molecule has 0 saturated heterocycles. The second-order valence-electron chi connectivity index (χ2n) is 2.29. The fourth-order valence-corrected chi connectivity index (χ4v) is 1.05. The zero-order valence-electron chi connectivity index (χ0n) is 5.39. The molecular formula is C7H7N3. The lowest BCUT2D eigenvalue weighted by atomic mass is 10.1. The van der Waals surface area contributed by atoms with E-state index >= 15 is 0 Å². The van der Waals surface area contributed by atoms with Crippen LogP contribution in [0.2, 0.25) is 0 Å². The first-order chi connectivity index (χ1) is 4.86. The Balaban J connectivity index is 2.52. The van der Waals surface area contributed by atoms with Crippen LogP contribution < -0.4 is 0 Å². The van der Waals surface area contributed by atoms with Gasteiger partial charge in [0.1, 0.15) is 5.84 Å². The maximum Gasteiger partial charge on any atom is 0.126 e. The van der Waals surface area contributed by atoms with Gasteiger partial charge in [0.2, 0.25) is 0 Å². The van der Waals surface area contributed by atoms with Crippen LogP contribution in [0.5, 0.6) is 0 Å². The third-order valence-electron chi connectivity index (χ3n) is 1.57. The Morgan fingerprint density at radius 1 is 1.60 bits per heavy atom. The normalized spacial score (nSPS) is 15.4. The predicted molar refractivity (Wildman–Crippen MR) is 39.8 cm³/mol. The highest BCUT2D eigenvalue weighted by atomic mass is 14.8. The number of H-pyrrole nitrogens is 1. The van der Waals surface area contributed by atoms with Crippen molar-refractivity contribution in [1.29, 1.82) is 5.41 Å². The summed E-state index contributed by atoms with van der Waals surface area (Å²) in [5.41, 5.74) is 2.20. The molecule has 0 saturated carbocycles. The Morgan fingerprint density at radius 3 is 3.40 bits per heavy atom. The van der Waals surface area contributed by atoms with Gasteiger partial charge in [-0.25, -0.2) is 4.99 Å². The molecule has 10 heavy (non-hydrogen) atoms. The van der Waals surface area contributed by atoms with E-state index in [1.54, 1.807) is 6.21 Å². The number of aromatic amines is 1. The van der Waals surface area contributed by atoms with Gasteiger partial charge in [-0.1, -0.05) is 0 Å². The van der Waals surface area contributed by atoms with Crippen molar-refractivity contribution in [2.75, 3.05) is 0 Å². The first kappa shape index (κ1) is 5.41. The summed E-state index contributed by atoms with van der Waals surface area (Å²) in [6.45, 7) is 0. The fourth-order valence-electron chi connectivity index (χ4n) is 1.05. The number of hydrogen-bond donors (Lipinski definition) is 2. The van der Waals surface area contributed by atoms with Crippen LogP contribution in [0.1, 0.15) is 11.3 Å². The molecule has 3 nitrogen and oxygen atoms in total. The van der Waals surface area contributed by atoms with Gasteiger partial charge in [0.15, 0.2) is 0 Å². The van der Waals surface area contributed by atoms with Gasteiger partial charge in [-0.15, -0.1) is 0 Å². The third-order valence-corrected chi connectivity index (χ3v) is 1.57. The average molecular weight is 133 g/mol. The summed E-state index contributed by atoms with van der Waals surface area (Å²) in [4.78, 5) is 6.94. The highest BCUT2D eigenvalue weighted by molar-refractivity contribution is 5.99. The summed E-state index contributed by atoms with van der Waals surface area (Å²) in [5.74, 6) is 0.426. The molecule has 1 aliphatic rings. The number of amidine groups is 1. The Labute approximate surface area is 58.3 Å². The van der Waals surface area contributed by atoms with E-state index in [9.17, 15) is 0 Å². The quantitative estimate of drug-likeness (QED) is 0.530. The van der Waals surface area contributed by atoms with Crippen molar-refractivity contribution in [3.63, 3.8) is 0 Å². The van der Waals surface area contributed by atoms with E-state index in [0.29, 0.717) is 12.3 Å². The maximum absolute atomic E-state index is 7.24. The summed E-state index contributed by atoms with van der Waals surface area (Å²) >= 11 is 0. The molecule has 0 amide bonds. The highest BCUT2D eigenvalue weighted by Crippen LogP contribution is 2.09. The van der Waals surface area contributed by atoms with Crippen molar-refractivity contribution < 1.29 is 0 Å². The molecule has 1 aromatic heterocycles. The van der Waals surface area contributed by atoms with Crippen LogP contribution in [0.3, 0.4) is 0 Å². The van der Waals surface area contributed by atoms with Gasteiger partial charge in [-0.05, 0) is 6.07 Å². The Hall–Kier alpha value is -1.38. The number of fused-ring (bicyclic) bond motifs is 1. The molecule has 0 aromatic carbocycles. The molecule has 0 spiro atoms. The lowest BCUT2D eigenvalue weighted by Gasteiger charge is -2.03. The molecule has 1 aromatic rings. The van der Waals surface area contributed by atoms with Gasteiger partial charge in [0.05, 0.1) is 0 Å². The summed E-state index contributed by atoms with van der Waals surface area (Å²) < 4.78 is 0. The molecule has 50 valence electrons. The van der Waals surface area contributed by atoms with E-state index in [2.05, 4.69) is 9.98 Å². The fraction of sp³-hybridized carbons (Fsp3) is 0.143. The average Bonchev–Trinajstić information content (AvgIpc) is 2.33. The van der Waals surface area contributed by atoms with Crippen molar-refractivity contribution >= 4 is 12.1 Å². The van der Waals surface area contributed by atoms with Crippen molar-refractivity contribution in [3.8, 4) is 0 Å². The molecule has 1 aliphatic heterocycles. The van der Waals surface area contributed by atoms with E-state index in [4.69, 9.17) is 5.41 Å². The number of rotatable bonds is 0. The van der Waals surface area contributed by atoms with Crippen LogP contribution in [0, 0.1) is 5.41 Å². The summed E-state index contributed by atoms with van der Waals surface area (Å²) in [6, 6.07) is 1.96. The minimum absolute atomic E-state index is 0.426. The molecule has 2 rings (SSSR count). The van der Waals surface area contributed by atoms with E-state index in [0.717, 1.165) is 11.3 Å². The Morgan fingerprint density at radius 2 is 2.50 bits per heavy atom. The summed E-state index contributed by atoms with van der Waals surface area (Å²) in [6.07, 6.45) is 4.23. The van der Waals surface area contributed by atoms with E-state index in [1.165, 1.54) is 0 Å². The number of nitrogens with zero attached hydrogens (tertiary/aromatic N) is 1. The lowest BCUT2D eigenvalue weighted by Crippen LogP contribution is -2.06. The maximum atomic E-state index is 7.24. The Kier molecular flexibility index (Phi) is 0.974.